The molecule has 0 aliphatic carbocycles. The Morgan fingerprint density at radius 1 is 1.11 bits per heavy atom. The summed E-state index contributed by atoms with van der Waals surface area (Å²) in [5, 5.41) is 1.31. The zero-order chi connectivity index (χ0) is 13.8. The summed E-state index contributed by atoms with van der Waals surface area (Å²) in [6.07, 6.45) is 2.00. The molecule has 0 heterocycles. The molecule has 0 atom stereocenters. The molecule has 0 aliphatic heterocycles. The largest absolute Gasteiger partial charge is 0.327 e. The Morgan fingerprint density at radius 3 is 2.37 bits per heavy atom. The molecule has 3 heteroatoms. The van der Waals surface area contributed by atoms with Crippen LogP contribution in [0, 0.1) is 0 Å². The van der Waals surface area contributed by atoms with Crippen LogP contribution in [0.3, 0.4) is 0 Å². The van der Waals surface area contributed by atoms with Gasteiger partial charge in [-0.1, -0.05) is 59.6 Å². The lowest BCUT2D eigenvalue weighted by molar-refractivity contribution is 1.25. The number of hydrogen-bond donors (Lipinski definition) is 1. The first kappa shape index (κ1) is 14.1. The van der Waals surface area contributed by atoms with Gasteiger partial charge in [0, 0.05) is 22.2 Å². The van der Waals surface area contributed by atoms with Crippen LogP contribution in [0.5, 0.6) is 0 Å². The molecule has 1 nitrogen and oxygen atoms in total. The molecule has 2 aromatic rings. The Morgan fingerprint density at radius 2 is 1.79 bits per heavy atom. The maximum Gasteiger partial charge on any atom is 0.0499 e. The first-order chi connectivity index (χ1) is 9.11. The third-order valence-corrected chi connectivity index (χ3v) is 3.55. The highest BCUT2D eigenvalue weighted by Crippen LogP contribution is 2.31. The maximum atomic E-state index is 6.20. The van der Waals surface area contributed by atoms with Gasteiger partial charge in [0.2, 0.25) is 0 Å². The van der Waals surface area contributed by atoms with Crippen molar-refractivity contribution >= 4 is 28.8 Å². The van der Waals surface area contributed by atoms with Crippen molar-refractivity contribution in [3.63, 3.8) is 0 Å². The summed E-state index contributed by atoms with van der Waals surface area (Å²) in [6, 6.07) is 13.8. The maximum absolute atomic E-state index is 6.20. The quantitative estimate of drug-likeness (QED) is 0.844. The summed E-state index contributed by atoms with van der Waals surface area (Å²) in [7, 11) is 0. The van der Waals surface area contributed by atoms with Crippen LogP contribution < -0.4 is 5.73 Å². The summed E-state index contributed by atoms with van der Waals surface area (Å²) in [5.41, 5.74) is 9.92. The minimum absolute atomic E-state index is 0.552. The second-order valence-electron chi connectivity index (χ2n) is 4.32. The molecule has 0 aliphatic rings. The third-order valence-electron chi connectivity index (χ3n) is 3.01. The van der Waals surface area contributed by atoms with E-state index in [0.717, 1.165) is 11.1 Å². The van der Waals surface area contributed by atoms with Crippen LogP contribution in [0.4, 0.5) is 0 Å². The van der Waals surface area contributed by atoms with Gasteiger partial charge in [-0.05, 0) is 35.8 Å². The van der Waals surface area contributed by atoms with Crippen LogP contribution in [-0.4, -0.2) is 6.54 Å². The number of allylic oxidation sites excluding steroid dienone is 1. The van der Waals surface area contributed by atoms with Gasteiger partial charge in [0.15, 0.2) is 0 Å². The van der Waals surface area contributed by atoms with Gasteiger partial charge in [0.1, 0.15) is 0 Å². The predicted molar refractivity (Wildman–Crippen MR) is 84.6 cm³/mol. The lowest BCUT2D eigenvalue weighted by atomic mass is 10.0. The average molecular weight is 292 g/mol. The SMILES string of the molecule is CC(=CCN)c1ccc(-c2ccc(Cl)cc2Cl)cc1. The minimum atomic E-state index is 0.552. The van der Waals surface area contributed by atoms with Gasteiger partial charge in [-0.15, -0.1) is 0 Å². The Kier molecular flexibility index (Phi) is 4.65. The first-order valence-corrected chi connectivity index (χ1v) is 6.80. The summed E-state index contributed by atoms with van der Waals surface area (Å²) in [4.78, 5) is 0. The van der Waals surface area contributed by atoms with Gasteiger partial charge in [-0.2, -0.15) is 0 Å². The molecular weight excluding hydrogens is 277 g/mol. The first-order valence-electron chi connectivity index (χ1n) is 6.04. The summed E-state index contributed by atoms with van der Waals surface area (Å²) >= 11 is 12.1. The highest BCUT2D eigenvalue weighted by molar-refractivity contribution is 6.36. The fourth-order valence-corrected chi connectivity index (χ4v) is 2.45. The molecule has 0 saturated carbocycles. The number of rotatable bonds is 3. The van der Waals surface area contributed by atoms with Crippen molar-refractivity contribution in [2.45, 2.75) is 6.92 Å². The van der Waals surface area contributed by atoms with E-state index in [1.807, 2.05) is 18.2 Å². The van der Waals surface area contributed by atoms with Crippen molar-refractivity contribution in [3.8, 4) is 11.1 Å². The highest BCUT2D eigenvalue weighted by Gasteiger charge is 2.04. The Bertz CT molecular complexity index is 601. The standard InChI is InChI=1S/C16H15Cl2N/c1-11(8-9-19)12-2-4-13(5-3-12)15-7-6-14(17)10-16(15)18/h2-8,10H,9,19H2,1H3. The van der Waals surface area contributed by atoms with Gasteiger partial charge >= 0.3 is 0 Å². The molecule has 98 valence electrons. The molecule has 19 heavy (non-hydrogen) atoms. The lowest BCUT2D eigenvalue weighted by Crippen LogP contribution is -1.94. The lowest BCUT2D eigenvalue weighted by Gasteiger charge is -2.07. The fourth-order valence-electron chi connectivity index (χ4n) is 1.93. The van der Waals surface area contributed by atoms with E-state index in [1.54, 1.807) is 6.07 Å². The molecule has 2 N–H and O–H groups in total. The number of halogens is 2. The molecule has 2 aromatic carbocycles. The molecule has 0 fully saturated rings. The number of benzene rings is 2. The molecule has 0 radical (unpaired) electrons. The third kappa shape index (κ3) is 3.38. The van der Waals surface area contributed by atoms with Crippen molar-refractivity contribution < 1.29 is 0 Å². The second kappa shape index (κ2) is 6.25. The Labute approximate surface area is 123 Å². The Hall–Kier alpha value is -1.28. The van der Waals surface area contributed by atoms with Gasteiger partial charge in [0.05, 0.1) is 0 Å². The fraction of sp³-hybridized carbons (Fsp3) is 0.125. The molecule has 0 saturated heterocycles. The van der Waals surface area contributed by atoms with Gasteiger partial charge in [-0.3, -0.25) is 0 Å². The van der Waals surface area contributed by atoms with Crippen LogP contribution >= 0.6 is 23.2 Å². The molecule has 0 spiro atoms. The molecular formula is C16H15Cl2N. The van der Waals surface area contributed by atoms with Gasteiger partial charge in [0.25, 0.3) is 0 Å². The van der Waals surface area contributed by atoms with Gasteiger partial charge < -0.3 is 5.73 Å². The molecule has 0 bridgehead atoms. The summed E-state index contributed by atoms with van der Waals surface area (Å²) in [6.45, 7) is 2.60. The molecule has 0 unspecified atom stereocenters. The van der Waals surface area contributed by atoms with Crippen LogP contribution in [0.15, 0.2) is 48.5 Å². The summed E-state index contributed by atoms with van der Waals surface area (Å²) < 4.78 is 0. The van der Waals surface area contributed by atoms with E-state index in [2.05, 4.69) is 31.2 Å². The van der Waals surface area contributed by atoms with Crippen LogP contribution in [-0.2, 0) is 0 Å². The minimum Gasteiger partial charge on any atom is -0.327 e. The monoisotopic (exact) mass is 291 g/mol. The zero-order valence-corrected chi connectivity index (χ0v) is 12.2. The molecule has 0 aromatic heterocycles. The molecule has 0 amide bonds. The van der Waals surface area contributed by atoms with E-state index in [0.29, 0.717) is 16.6 Å². The number of nitrogens with two attached hydrogens (primary N) is 1. The number of hydrogen-bond acceptors (Lipinski definition) is 1. The van der Waals surface area contributed by atoms with Crippen molar-refractivity contribution in [2.75, 3.05) is 6.54 Å². The molecule has 2 rings (SSSR count). The van der Waals surface area contributed by atoms with Gasteiger partial charge in [-0.25, -0.2) is 0 Å². The van der Waals surface area contributed by atoms with E-state index < -0.39 is 0 Å². The van der Waals surface area contributed by atoms with E-state index in [-0.39, 0.29) is 0 Å². The second-order valence-corrected chi connectivity index (χ2v) is 5.17. The average Bonchev–Trinajstić information content (AvgIpc) is 2.39. The van der Waals surface area contributed by atoms with E-state index in [9.17, 15) is 0 Å². The van der Waals surface area contributed by atoms with Crippen molar-refractivity contribution in [3.05, 3.63) is 64.1 Å². The van der Waals surface area contributed by atoms with Crippen LogP contribution in [0.1, 0.15) is 12.5 Å². The van der Waals surface area contributed by atoms with Crippen molar-refractivity contribution in [1.82, 2.24) is 0 Å². The topological polar surface area (TPSA) is 26.0 Å². The summed E-state index contributed by atoms with van der Waals surface area (Å²) in [5.74, 6) is 0. The zero-order valence-electron chi connectivity index (χ0n) is 10.7. The van der Waals surface area contributed by atoms with E-state index in [1.165, 1.54) is 11.1 Å². The highest BCUT2D eigenvalue weighted by atomic mass is 35.5. The predicted octanol–water partition coefficient (Wildman–Crippen LogP) is 5.02. The Balaban J connectivity index is 2.35. The van der Waals surface area contributed by atoms with Crippen LogP contribution in [0.25, 0.3) is 16.7 Å². The van der Waals surface area contributed by atoms with E-state index >= 15 is 0 Å². The van der Waals surface area contributed by atoms with Crippen molar-refractivity contribution in [1.29, 1.82) is 0 Å². The smallest absolute Gasteiger partial charge is 0.0499 e. The van der Waals surface area contributed by atoms with Crippen LogP contribution in [0.2, 0.25) is 10.0 Å². The van der Waals surface area contributed by atoms with Crippen molar-refractivity contribution in [2.24, 2.45) is 5.73 Å². The normalized spacial score (nSPS) is 11.7. The van der Waals surface area contributed by atoms with E-state index in [4.69, 9.17) is 28.9 Å².